The van der Waals surface area contributed by atoms with Gasteiger partial charge in [0.25, 0.3) is 0 Å². The zero-order valence-corrected chi connectivity index (χ0v) is 11.5. The Bertz CT molecular complexity index is 724. The monoisotopic (exact) mass is 287 g/mol. The van der Waals surface area contributed by atoms with Gasteiger partial charge in [0.15, 0.2) is 0 Å². The van der Waals surface area contributed by atoms with Crippen molar-refractivity contribution >= 4 is 17.1 Å². The van der Waals surface area contributed by atoms with Crippen LogP contribution in [0.5, 0.6) is 0 Å². The highest BCUT2D eigenvalue weighted by atomic mass is 35.5. The number of nitrogens with zero attached hydrogens (tertiary/aromatic N) is 3. The molecule has 0 bridgehead atoms. The van der Waals surface area contributed by atoms with E-state index in [-0.39, 0.29) is 6.04 Å². The molecule has 0 fully saturated rings. The first-order chi connectivity index (χ1) is 9.79. The van der Waals surface area contributed by atoms with Gasteiger partial charge >= 0.3 is 0 Å². The molecule has 0 saturated carbocycles. The summed E-state index contributed by atoms with van der Waals surface area (Å²) in [6.45, 7) is 0. The Morgan fingerprint density at radius 3 is 3.00 bits per heavy atom. The number of hydrazine groups is 1. The Labute approximate surface area is 121 Å². The molecule has 0 radical (unpaired) electrons. The predicted octanol–water partition coefficient (Wildman–Crippen LogP) is 2.13. The number of hydrogen-bond donors (Lipinski definition) is 2. The summed E-state index contributed by atoms with van der Waals surface area (Å²) in [6, 6.07) is 7.77. The fraction of sp³-hybridized carbons (Fsp3) is 0.143. The van der Waals surface area contributed by atoms with Crippen LogP contribution in [-0.2, 0) is 6.42 Å². The van der Waals surface area contributed by atoms with Gasteiger partial charge in [0, 0.05) is 24.2 Å². The molecule has 0 aliphatic carbocycles. The van der Waals surface area contributed by atoms with Gasteiger partial charge in [0.05, 0.1) is 22.8 Å². The standard InChI is InChI=1S/C14H14ClN5/c15-12-9-17-5-4-10(12)7-13(19-16)11-8-18-20-6-2-1-3-14(11)20/h1-6,8-9,13,19H,7,16H2. The average molecular weight is 288 g/mol. The second kappa shape index (κ2) is 5.58. The number of nitrogens with one attached hydrogen (secondary N) is 1. The van der Waals surface area contributed by atoms with Crippen molar-refractivity contribution in [2.45, 2.75) is 12.5 Å². The second-order valence-corrected chi connectivity index (χ2v) is 4.93. The van der Waals surface area contributed by atoms with Crippen LogP contribution in [0, 0.1) is 0 Å². The third-order valence-electron chi connectivity index (χ3n) is 3.31. The maximum absolute atomic E-state index is 6.15. The van der Waals surface area contributed by atoms with Gasteiger partial charge in [-0.3, -0.25) is 16.3 Å². The minimum absolute atomic E-state index is 0.0604. The van der Waals surface area contributed by atoms with Gasteiger partial charge in [0.1, 0.15) is 0 Å². The lowest BCUT2D eigenvalue weighted by atomic mass is 10.0. The summed E-state index contributed by atoms with van der Waals surface area (Å²) in [5, 5.41) is 4.97. The Hall–Kier alpha value is -1.95. The van der Waals surface area contributed by atoms with Crippen molar-refractivity contribution in [3.63, 3.8) is 0 Å². The van der Waals surface area contributed by atoms with Crippen LogP contribution in [0.3, 0.4) is 0 Å². The highest BCUT2D eigenvalue weighted by Gasteiger charge is 2.16. The van der Waals surface area contributed by atoms with Crippen LogP contribution < -0.4 is 11.3 Å². The molecule has 20 heavy (non-hydrogen) atoms. The van der Waals surface area contributed by atoms with E-state index >= 15 is 0 Å². The summed E-state index contributed by atoms with van der Waals surface area (Å²) in [6.07, 6.45) is 7.78. The van der Waals surface area contributed by atoms with Crippen molar-refractivity contribution in [2.24, 2.45) is 5.84 Å². The average Bonchev–Trinajstić information content (AvgIpc) is 2.90. The van der Waals surface area contributed by atoms with Crippen molar-refractivity contribution in [2.75, 3.05) is 0 Å². The van der Waals surface area contributed by atoms with Crippen molar-refractivity contribution in [1.29, 1.82) is 0 Å². The molecule has 102 valence electrons. The number of rotatable bonds is 4. The van der Waals surface area contributed by atoms with Crippen LogP contribution in [0.4, 0.5) is 0 Å². The Kier molecular flexibility index (Phi) is 3.64. The summed E-state index contributed by atoms with van der Waals surface area (Å²) in [5.41, 5.74) is 5.91. The lowest BCUT2D eigenvalue weighted by Crippen LogP contribution is -2.29. The Balaban J connectivity index is 1.96. The number of hydrogen-bond acceptors (Lipinski definition) is 4. The number of nitrogens with two attached hydrogens (primary N) is 1. The van der Waals surface area contributed by atoms with E-state index in [0.29, 0.717) is 11.4 Å². The SMILES string of the molecule is NNC(Cc1ccncc1Cl)c1cnn2ccccc12. The van der Waals surface area contributed by atoms with E-state index in [4.69, 9.17) is 17.4 Å². The molecule has 0 amide bonds. The van der Waals surface area contributed by atoms with Crippen molar-refractivity contribution < 1.29 is 0 Å². The first kappa shape index (κ1) is 13.1. The summed E-state index contributed by atoms with van der Waals surface area (Å²) < 4.78 is 1.83. The summed E-state index contributed by atoms with van der Waals surface area (Å²) in [5.74, 6) is 5.71. The molecule has 5 nitrogen and oxygen atoms in total. The van der Waals surface area contributed by atoms with Gasteiger partial charge in [-0.2, -0.15) is 5.10 Å². The number of fused-ring (bicyclic) bond motifs is 1. The van der Waals surface area contributed by atoms with Crippen molar-refractivity contribution in [3.8, 4) is 0 Å². The van der Waals surface area contributed by atoms with E-state index in [0.717, 1.165) is 16.6 Å². The molecule has 3 heterocycles. The van der Waals surface area contributed by atoms with Crippen LogP contribution >= 0.6 is 11.6 Å². The second-order valence-electron chi connectivity index (χ2n) is 4.52. The van der Waals surface area contributed by atoms with Crippen molar-refractivity contribution in [1.82, 2.24) is 20.0 Å². The molecule has 6 heteroatoms. The minimum atomic E-state index is -0.0604. The highest BCUT2D eigenvalue weighted by Crippen LogP contribution is 2.25. The third-order valence-corrected chi connectivity index (χ3v) is 3.65. The van der Waals surface area contributed by atoms with Crippen LogP contribution in [0.25, 0.3) is 5.52 Å². The molecule has 0 aliphatic rings. The quantitative estimate of drug-likeness (QED) is 0.570. The normalized spacial score (nSPS) is 12.7. The van der Waals surface area contributed by atoms with Crippen LogP contribution in [0.1, 0.15) is 17.2 Å². The maximum atomic E-state index is 6.15. The van der Waals surface area contributed by atoms with E-state index in [1.807, 2.05) is 41.2 Å². The Morgan fingerprint density at radius 2 is 2.20 bits per heavy atom. The lowest BCUT2D eigenvalue weighted by molar-refractivity contribution is 0.555. The molecule has 0 aliphatic heterocycles. The zero-order chi connectivity index (χ0) is 13.9. The van der Waals surface area contributed by atoms with Gasteiger partial charge in [-0.05, 0) is 30.2 Å². The molecule has 3 aromatic heterocycles. The Morgan fingerprint density at radius 1 is 1.30 bits per heavy atom. The van der Waals surface area contributed by atoms with Gasteiger partial charge in [-0.25, -0.2) is 4.52 Å². The largest absolute Gasteiger partial charge is 0.271 e. The highest BCUT2D eigenvalue weighted by molar-refractivity contribution is 6.31. The van der Waals surface area contributed by atoms with Crippen LogP contribution in [0.15, 0.2) is 49.1 Å². The number of aromatic nitrogens is 3. The number of pyridine rings is 2. The van der Waals surface area contributed by atoms with Crippen LogP contribution in [0.2, 0.25) is 5.02 Å². The molecule has 1 unspecified atom stereocenters. The fourth-order valence-corrected chi connectivity index (χ4v) is 2.47. The molecule has 0 saturated heterocycles. The maximum Gasteiger partial charge on any atom is 0.0710 e. The fourth-order valence-electron chi connectivity index (χ4n) is 2.27. The topological polar surface area (TPSA) is 68.2 Å². The molecule has 1 atom stereocenters. The van der Waals surface area contributed by atoms with E-state index < -0.39 is 0 Å². The van der Waals surface area contributed by atoms with Gasteiger partial charge in [0.2, 0.25) is 0 Å². The van der Waals surface area contributed by atoms with E-state index in [1.165, 1.54) is 0 Å². The molecular weight excluding hydrogens is 274 g/mol. The predicted molar refractivity (Wildman–Crippen MR) is 78.2 cm³/mol. The van der Waals surface area contributed by atoms with E-state index in [9.17, 15) is 0 Å². The number of halogens is 1. The molecular formula is C14H14ClN5. The smallest absolute Gasteiger partial charge is 0.0710 e. The van der Waals surface area contributed by atoms with Gasteiger partial charge in [-0.1, -0.05) is 17.7 Å². The summed E-state index contributed by atoms with van der Waals surface area (Å²) >= 11 is 6.15. The minimum Gasteiger partial charge on any atom is -0.271 e. The van der Waals surface area contributed by atoms with E-state index in [1.54, 1.807) is 12.4 Å². The van der Waals surface area contributed by atoms with E-state index in [2.05, 4.69) is 15.5 Å². The van der Waals surface area contributed by atoms with Crippen LogP contribution in [-0.4, -0.2) is 14.6 Å². The molecule has 3 aromatic rings. The third kappa shape index (κ3) is 2.38. The molecule has 0 spiro atoms. The zero-order valence-electron chi connectivity index (χ0n) is 10.7. The van der Waals surface area contributed by atoms with Gasteiger partial charge < -0.3 is 0 Å². The molecule has 0 aromatic carbocycles. The molecule has 3 N–H and O–H groups in total. The lowest BCUT2D eigenvalue weighted by Gasteiger charge is -2.15. The first-order valence-corrected chi connectivity index (χ1v) is 6.64. The van der Waals surface area contributed by atoms with Gasteiger partial charge in [-0.15, -0.1) is 0 Å². The molecule has 3 rings (SSSR count). The first-order valence-electron chi connectivity index (χ1n) is 6.26. The van der Waals surface area contributed by atoms with Crippen molar-refractivity contribution in [3.05, 3.63) is 65.2 Å². The summed E-state index contributed by atoms with van der Waals surface area (Å²) in [7, 11) is 0. The summed E-state index contributed by atoms with van der Waals surface area (Å²) in [4.78, 5) is 3.99.